The molecular weight excluding hydrogens is 272 g/mol. The van der Waals surface area contributed by atoms with Crippen LogP contribution < -0.4 is 15.2 Å². The van der Waals surface area contributed by atoms with Gasteiger partial charge in [-0.05, 0) is 12.1 Å². The maximum atomic E-state index is 12.1. The Kier molecular flexibility index (Phi) is 3.67. The van der Waals surface area contributed by atoms with Crippen molar-refractivity contribution in [2.75, 3.05) is 12.8 Å². The zero-order valence-corrected chi connectivity index (χ0v) is 10.8. The van der Waals surface area contributed by atoms with Crippen molar-refractivity contribution >= 4 is 15.7 Å². The van der Waals surface area contributed by atoms with E-state index in [1.807, 2.05) is 0 Å². The Labute approximate surface area is 109 Å². The molecule has 0 spiro atoms. The second kappa shape index (κ2) is 5.24. The number of nitrogens with two attached hydrogens (primary N) is 1. The van der Waals surface area contributed by atoms with Gasteiger partial charge in [0.05, 0.1) is 13.7 Å². The highest BCUT2D eigenvalue weighted by atomic mass is 32.2. The van der Waals surface area contributed by atoms with Crippen molar-refractivity contribution in [2.45, 2.75) is 11.4 Å². The number of hydrogen-bond acceptors (Lipinski definition) is 7. The molecule has 2 rings (SSSR count). The Balaban J connectivity index is 2.24. The number of nitrogens with zero attached hydrogens (tertiary/aromatic N) is 2. The van der Waals surface area contributed by atoms with E-state index in [2.05, 4.69) is 19.4 Å². The van der Waals surface area contributed by atoms with Crippen molar-refractivity contribution in [1.82, 2.24) is 14.9 Å². The van der Waals surface area contributed by atoms with Gasteiger partial charge in [-0.2, -0.15) is 4.98 Å². The van der Waals surface area contributed by atoms with Gasteiger partial charge in [0.2, 0.25) is 16.4 Å². The van der Waals surface area contributed by atoms with E-state index in [1.165, 1.54) is 25.3 Å². The van der Waals surface area contributed by atoms with Gasteiger partial charge < -0.3 is 15.0 Å². The average molecular weight is 284 g/mol. The van der Waals surface area contributed by atoms with E-state index in [0.717, 1.165) is 6.39 Å². The molecule has 0 amide bonds. The van der Waals surface area contributed by atoms with Crippen LogP contribution in [0.25, 0.3) is 0 Å². The van der Waals surface area contributed by atoms with E-state index < -0.39 is 10.0 Å². The highest BCUT2D eigenvalue weighted by Crippen LogP contribution is 2.25. The maximum Gasteiger partial charge on any atom is 0.244 e. The van der Waals surface area contributed by atoms with Crippen molar-refractivity contribution in [1.29, 1.82) is 0 Å². The summed E-state index contributed by atoms with van der Waals surface area (Å²) < 4.78 is 36.0. The summed E-state index contributed by atoms with van der Waals surface area (Å²) in [6.07, 6.45) is 1.12. The molecule has 0 aliphatic rings. The SMILES string of the molecule is COc1cc(N)ccc1S(=O)(=O)NCc1ncon1. The van der Waals surface area contributed by atoms with Crippen LogP contribution in [-0.2, 0) is 16.6 Å². The van der Waals surface area contributed by atoms with Crippen LogP contribution in [-0.4, -0.2) is 25.7 Å². The smallest absolute Gasteiger partial charge is 0.244 e. The molecular formula is C10H12N4O4S. The minimum absolute atomic E-state index is 0.00676. The molecule has 102 valence electrons. The summed E-state index contributed by atoms with van der Waals surface area (Å²) in [4.78, 5) is 3.71. The fraction of sp³-hybridized carbons (Fsp3) is 0.200. The Hall–Kier alpha value is -2.13. The molecule has 0 radical (unpaired) electrons. The largest absolute Gasteiger partial charge is 0.495 e. The molecule has 8 nitrogen and oxygen atoms in total. The molecule has 0 unspecified atom stereocenters. The predicted molar refractivity (Wildman–Crippen MR) is 65.7 cm³/mol. The van der Waals surface area contributed by atoms with Crippen LogP contribution in [0.5, 0.6) is 5.75 Å². The standard InChI is InChI=1S/C10H12N4O4S/c1-17-8-4-7(11)2-3-9(8)19(15,16)13-5-10-12-6-18-14-10/h2-4,6,13H,5,11H2,1H3. The van der Waals surface area contributed by atoms with E-state index in [4.69, 9.17) is 10.5 Å². The second-order valence-electron chi connectivity index (χ2n) is 3.58. The van der Waals surface area contributed by atoms with E-state index in [-0.39, 0.29) is 23.0 Å². The Morgan fingerprint density at radius 2 is 2.26 bits per heavy atom. The van der Waals surface area contributed by atoms with Crippen molar-refractivity contribution < 1.29 is 17.7 Å². The first-order chi connectivity index (χ1) is 9.03. The lowest BCUT2D eigenvalue weighted by Crippen LogP contribution is -2.24. The van der Waals surface area contributed by atoms with E-state index in [0.29, 0.717) is 5.69 Å². The minimum atomic E-state index is -3.75. The number of hydrogen-bond donors (Lipinski definition) is 2. The molecule has 0 fully saturated rings. The third kappa shape index (κ3) is 3.01. The van der Waals surface area contributed by atoms with Gasteiger partial charge >= 0.3 is 0 Å². The van der Waals surface area contributed by atoms with Gasteiger partial charge in [0.1, 0.15) is 10.6 Å². The van der Waals surface area contributed by atoms with Gasteiger partial charge in [-0.3, -0.25) is 0 Å². The van der Waals surface area contributed by atoms with Crippen LogP contribution in [0.2, 0.25) is 0 Å². The van der Waals surface area contributed by atoms with Crippen LogP contribution in [0.1, 0.15) is 5.82 Å². The average Bonchev–Trinajstić information content (AvgIpc) is 2.89. The monoisotopic (exact) mass is 284 g/mol. The molecule has 2 aromatic rings. The van der Waals surface area contributed by atoms with Crippen LogP contribution in [0.3, 0.4) is 0 Å². The first kappa shape index (κ1) is 13.3. The molecule has 0 saturated heterocycles. The molecule has 0 saturated carbocycles. The van der Waals surface area contributed by atoms with Crippen LogP contribution in [0.15, 0.2) is 34.0 Å². The molecule has 1 aromatic carbocycles. The van der Waals surface area contributed by atoms with E-state index in [9.17, 15) is 8.42 Å². The Bertz CT molecular complexity index is 654. The normalized spacial score (nSPS) is 11.4. The molecule has 9 heteroatoms. The molecule has 3 N–H and O–H groups in total. The summed E-state index contributed by atoms with van der Waals surface area (Å²) in [5.41, 5.74) is 5.98. The molecule has 1 heterocycles. The minimum Gasteiger partial charge on any atom is -0.495 e. The summed E-state index contributed by atoms with van der Waals surface area (Å²) in [6, 6.07) is 4.28. The molecule has 19 heavy (non-hydrogen) atoms. The number of benzene rings is 1. The zero-order chi connectivity index (χ0) is 13.9. The Morgan fingerprint density at radius 1 is 1.47 bits per heavy atom. The number of nitrogen functional groups attached to an aromatic ring is 1. The van der Waals surface area contributed by atoms with E-state index >= 15 is 0 Å². The lowest BCUT2D eigenvalue weighted by Gasteiger charge is -2.10. The molecule has 0 aliphatic heterocycles. The number of methoxy groups -OCH3 is 1. The lowest BCUT2D eigenvalue weighted by atomic mass is 10.3. The van der Waals surface area contributed by atoms with E-state index in [1.54, 1.807) is 0 Å². The third-order valence-electron chi connectivity index (χ3n) is 2.30. The fourth-order valence-electron chi connectivity index (χ4n) is 1.41. The van der Waals surface area contributed by atoms with Crippen molar-refractivity contribution in [2.24, 2.45) is 0 Å². The predicted octanol–water partition coefficient (Wildman–Crippen LogP) is 0.139. The maximum absolute atomic E-state index is 12.1. The number of sulfonamides is 1. The van der Waals surface area contributed by atoms with Gasteiger partial charge in [0, 0.05) is 11.8 Å². The quantitative estimate of drug-likeness (QED) is 0.749. The Morgan fingerprint density at radius 3 is 2.89 bits per heavy atom. The highest BCUT2D eigenvalue weighted by molar-refractivity contribution is 7.89. The topological polar surface area (TPSA) is 120 Å². The molecule has 1 aromatic heterocycles. The number of nitrogens with one attached hydrogen (secondary N) is 1. The number of aromatic nitrogens is 2. The van der Waals surface area contributed by atoms with Crippen molar-refractivity contribution in [3.05, 3.63) is 30.4 Å². The number of rotatable bonds is 5. The van der Waals surface area contributed by atoms with Crippen LogP contribution in [0, 0.1) is 0 Å². The first-order valence-electron chi connectivity index (χ1n) is 5.21. The van der Waals surface area contributed by atoms with Crippen molar-refractivity contribution in [3.63, 3.8) is 0 Å². The number of ether oxygens (including phenoxy) is 1. The summed E-state index contributed by atoms with van der Waals surface area (Å²) in [5.74, 6) is 0.401. The zero-order valence-electron chi connectivity index (χ0n) is 10.0. The van der Waals surface area contributed by atoms with Crippen LogP contribution >= 0.6 is 0 Å². The van der Waals surface area contributed by atoms with Gasteiger partial charge in [-0.15, -0.1) is 0 Å². The first-order valence-corrected chi connectivity index (χ1v) is 6.69. The summed E-state index contributed by atoms with van der Waals surface area (Å²) in [5, 5.41) is 3.51. The van der Waals surface area contributed by atoms with Crippen molar-refractivity contribution in [3.8, 4) is 5.75 Å². The fourth-order valence-corrected chi connectivity index (χ4v) is 2.54. The van der Waals surface area contributed by atoms with Gasteiger partial charge in [-0.1, -0.05) is 5.16 Å². The molecule has 0 aliphatic carbocycles. The van der Waals surface area contributed by atoms with Gasteiger partial charge in [-0.25, -0.2) is 13.1 Å². The third-order valence-corrected chi connectivity index (χ3v) is 3.75. The van der Waals surface area contributed by atoms with Gasteiger partial charge in [0.15, 0.2) is 5.82 Å². The summed E-state index contributed by atoms with van der Waals surface area (Å²) >= 11 is 0. The molecule has 0 bridgehead atoms. The number of anilines is 1. The summed E-state index contributed by atoms with van der Waals surface area (Å²) in [6.45, 7) is -0.0770. The molecule has 0 atom stereocenters. The second-order valence-corrected chi connectivity index (χ2v) is 5.32. The lowest BCUT2D eigenvalue weighted by molar-refractivity contribution is 0.402. The van der Waals surface area contributed by atoms with Crippen LogP contribution in [0.4, 0.5) is 5.69 Å². The summed E-state index contributed by atoms with van der Waals surface area (Å²) in [7, 11) is -2.38. The highest BCUT2D eigenvalue weighted by Gasteiger charge is 2.20. The van der Waals surface area contributed by atoms with Gasteiger partial charge in [0.25, 0.3) is 0 Å².